The first-order valence-corrected chi connectivity index (χ1v) is 2.56. The molecule has 8 heavy (non-hydrogen) atoms. The van der Waals surface area contributed by atoms with Crippen LogP contribution in [0.25, 0.3) is 0 Å². The summed E-state index contributed by atoms with van der Waals surface area (Å²) in [5.74, 6) is 0. The molecule has 0 aliphatic heterocycles. The van der Waals surface area contributed by atoms with E-state index in [-0.39, 0.29) is 6.10 Å². The first kappa shape index (κ1) is 7.43. The van der Waals surface area contributed by atoms with Gasteiger partial charge in [-0.25, -0.2) is 0 Å². The van der Waals surface area contributed by atoms with Crippen molar-refractivity contribution in [2.45, 2.75) is 20.0 Å². The first-order valence-electron chi connectivity index (χ1n) is 2.56. The zero-order valence-corrected chi connectivity index (χ0v) is 5.18. The number of hydrogen-bond acceptors (Lipinski definition) is 2. The maximum absolute atomic E-state index is 9.60. The van der Waals surface area contributed by atoms with Crippen LogP contribution in [0.3, 0.4) is 0 Å². The van der Waals surface area contributed by atoms with E-state index < -0.39 is 0 Å². The topological polar surface area (TPSA) is 38.3 Å². The summed E-state index contributed by atoms with van der Waals surface area (Å²) in [5, 5.41) is 2.38. The van der Waals surface area contributed by atoms with Crippen LogP contribution in [0.1, 0.15) is 13.8 Å². The fourth-order valence-electron chi connectivity index (χ4n) is 0.249. The predicted octanol–water partition coefficient (Wildman–Crippen LogP) is 0.115. The van der Waals surface area contributed by atoms with Gasteiger partial charge in [0.25, 0.3) is 0 Å². The summed E-state index contributed by atoms with van der Waals surface area (Å²) in [6.45, 7) is 4.13. The monoisotopic (exact) mass is 117 g/mol. The lowest BCUT2D eigenvalue weighted by Gasteiger charge is -2.04. The Morgan fingerprint density at radius 2 is 2.38 bits per heavy atom. The third-order valence-corrected chi connectivity index (χ3v) is 0.583. The molecule has 1 amide bonds. The molecule has 3 nitrogen and oxygen atoms in total. The lowest BCUT2D eigenvalue weighted by atomic mass is 10.5. The summed E-state index contributed by atoms with van der Waals surface area (Å²) in [7, 11) is 0. The van der Waals surface area contributed by atoms with Crippen molar-refractivity contribution in [1.29, 1.82) is 0 Å². The number of hydrogen-bond donors (Lipinski definition) is 1. The fraction of sp³-hybridized carbons (Fsp3) is 0.800. The van der Waals surface area contributed by atoms with Crippen LogP contribution in [0, 0.1) is 0 Å². The fourth-order valence-corrected chi connectivity index (χ4v) is 0.249. The highest BCUT2D eigenvalue weighted by atomic mass is 16.5. The molecule has 0 aromatic rings. The van der Waals surface area contributed by atoms with Crippen molar-refractivity contribution in [3.8, 4) is 0 Å². The molecule has 0 aliphatic rings. The molecule has 3 heteroatoms. The molecular formula is C5H11NO2. The summed E-state index contributed by atoms with van der Waals surface area (Å²) in [5.41, 5.74) is 0. The molecule has 0 fully saturated rings. The summed E-state index contributed by atoms with van der Waals surface area (Å²) in [4.78, 5) is 9.60. The highest BCUT2D eigenvalue weighted by molar-refractivity contribution is 5.45. The molecule has 0 aromatic heterocycles. The van der Waals surface area contributed by atoms with E-state index in [9.17, 15) is 4.79 Å². The maximum Gasteiger partial charge on any atom is 0.208 e. The molecule has 0 bridgehead atoms. The van der Waals surface area contributed by atoms with Crippen molar-refractivity contribution in [2.75, 3.05) is 6.73 Å². The van der Waals surface area contributed by atoms with Crippen LogP contribution in [0.4, 0.5) is 0 Å². The SMILES string of the molecule is CC(C)OCNC=O. The van der Waals surface area contributed by atoms with Gasteiger partial charge in [-0.1, -0.05) is 0 Å². The number of nitrogens with one attached hydrogen (secondary N) is 1. The lowest BCUT2D eigenvalue weighted by molar-refractivity contribution is -0.111. The highest BCUT2D eigenvalue weighted by Gasteiger charge is 1.87. The third kappa shape index (κ3) is 5.43. The average Bonchev–Trinajstić information content (AvgIpc) is 1.66. The van der Waals surface area contributed by atoms with Gasteiger partial charge in [0.15, 0.2) is 0 Å². The second-order valence-corrected chi connectivity index (χ2v) is 1.68. The van der Waals surface area contributed by atoms with Gasteiger partial charge in [-0.2, -0.15) is 0 Å². The number of carbonyl (C=O) groups excluding carboxylic acids is 1. The Labute approximate surface area is 49.0 Å². The van der Waals surface area contributed by atoms with Crippen LogP contribution in [-0.4, -0.2) is 19.2 Å². The van der Waals surface area contributed by atoms with E-state index in [0.717, 1.165) is 0 Å². The van der Waals surface area contributed by atoms with Gasteiger partial charge in [-0.15, -0.1) is 0 Å². The van der Waals surface area contributed by atoms with Gasteiger partial charge in [0.2, 0.25) is 6.41 Å². The molecular weight excluding hydrogens is 106 g/mol. The highest BCUT2D eigenvalue weighted by Crippen LogP contribution is 1.82. The first-order chi connectivity index (χ1) is 3.77. The van der Waals surface area contributed by atoms with E-state index in [4.69, 9.17) is 4.74 Å². The molecule has 0 aromatic carbocycles. The van der Waals surface area contributed by atoms with Crippen molar-refractivity contribution in [2.24, 2.45) is 0 Å². The van der Waals surface area contributed by atoms with Gasteiger partial charge < -0.3 is 10.1 Å². The predicted molar refractivity (Wildman–Crippen MR) is 30.3 cm³/mol. The van der Waals surface area contributed by atoms with Crippen molar-refractivity contribution < 1.29 is 9.53 Å². The van der Waals surface area contributed by atoms with Crippen molar-refractivity contribution >= 4 is 6.41 Å². The number of carbonyl (C=O) groups is 1. The van der Waals surface area contributed by atoms with Crippen molar-refractivity contribution in [3.63, 3.8) is 0 Å². The minimum absolute atomic E-state index is 0.183. The molecule has 0 heterocycles. The summed E-state index contributed by atoms with van der Waals surface area (Å²) in [6, 6.07) is 0. The molecule has 0 rings (SSSR count). The Morgan fingerprint density at radius 1 is 1.75 bits per heavy atom. The molecule has 0 unspecified atom stereocenters. The Hall–Kier alpha value is -0.570. The van der Waals surface area contributed by atoms with E-state index in [1.54, 1.807) is 0 Å². The van der Waals surface area contributed by atoms with Gasteiger partial charge >= 0.3 is 0 Å². The normalized spacial score (nSPS) is 9.38. The van der Waals surface area contributed by atoms with Gasteiger partial charge in [-0.3, -0.25) is 4.79 Å². The summed E-state index contributed by atoms with van der Waals surface area (Å²) >= 11 is 0. The van der Waals surface area contributed by atoms with Gasteiger partial charge in [-0.05, 0) is 13.8 Å². The number of ether oxygens (including phenoxy) is 1. The quantitative estimate of drug-likeness (QED) is 0.322. The molecule has 48 valence electrons. The Bertz CT molecular complexity index is 63.4. The zero-order valence-electron chi connectivity index (χ0n) is 5.18. The Morgan fingerprint density at radius 3 is 2.75 bits per heavy atom. The standard InChI is InChI=1S/C5H11NO2/c1-5(2)8-4-6-3-7/h3,5H,4H2,1-2H3,(H,6,7). The summed E-state index contributed by atoms with van der Waals surface area (Å²) < 4.78 is 4.94. The summed E-state index contributed by atoms with van der Waals surface area (Å²) in [6.07, 6.45) is 0.796. The molecule has 0 saturated heterocycles. The minimum atomic E-state index is 0.183. The molecule has 1 N–H and O–H groups in total. The van der Waals surface area contributed by atoms with Crippen molar-refractivity contribution in [1.82, 2.24) is 5.32 Å². The second kappa shape index (κ2) is 4.59. The van der Waals surface area contributed by atoms with Crippen LogP contribution >= 0.6 is 0 Å². The third-order valence-electron chi connectivity index (χ3n) is 0.583. The van der Waals surface area contributed by atoms with E-state index >= 15 is 0 Å². The zero-order chi connectivity index (χ0) is 6.41. The van der Waals surface area contributed by atoms with Crippen LogP contribution < -0.4 is 5.32 Å². The molecule has 0 radical (unpaired) electrons. The smallest absolute Gasteiger partial charge is 0.208 e. The van der Waals surface area contributed by atoms with Crippen LogP contribution in [0.5, 0.6) is 0 Å². The van der Waals surface area contributed by atoms with Gasteiger partial charge in [0.1, 0.15) is 6.73 Å². The molecule has 0 saturated carbocycles. The minimum Gasteiger partial charge on any atom is -0.359 e. The van der Waals surface area contributed by atoms with E-state index in [2.05, 4.69) is 5.32 Å². The maximum atomic E-state index is 9.60. The van der Waals surface area contributed by atoms with Gasteiger partial charge in [0.05, 0.1) is 6.10 Å². The molecule has 0 aliphatic carbocycles. The largest absolute Gasteiger partial charge is 0.359 e. The Balaban J connectivity index is 2.81. The van der Waals surface area contributed by atoms with Crippen molar-refractivity contribution in [3.05, 3.63) is 0 Å². The average molecular weight is 117 g/mol. The Kier molecular flexibility index (Phi) is 4.26. The molecule has 0 spiro atoms. The van der Waals surface area contributed by atoms with Gasteiger partial charge in [0, 0.05) is 0 Å². The second-order valence-electron chi connectivity index (χ2n) is 1.68. The van der Waals surface area contributed by atoms with Crippen LogP contribution in [0.15, 0.2) is 0 Å². The molecule has 0 atom stereocenters. The van der Waals surface area contributed by atoms with Crippen LogP contribution in [0.2, 0.25) is 0 Å². The van der Waals surface area contributed by atoms with Crippen LogP contribution in [-0.2, 0) is 9.53 Å². The number of rotatable bonds is 4. The number of amides is 1. The van der Waals surface area contributed by atoms with E-state index in [0.29, 0.717) is 13.1 Å². The van der Waals surface area contributed by atoms with E-state index in [1.807, 2.05) is 13.8 Å². The lowest BCUT2D eigenvalue weighted by Crippen LogP contribution is -2.18. The van der Waals surface area contributed by atoms with E-state index in [1.165, 1.54) is 0 Å².